The topological polar surface area (TPSA) is 40.4 Å². The van der Waals surface area contributed by atoms with Crippen LogP contribution in [-0.2, 0) is 5.54 Å². The Morgan fingerprint density at radius 2 is 2.00 bits per heavy atom. The summed E-state index contributed by atoms with van der Waals surface area (Å²) in [6, 6.07) is 0. The molecule has 0 amide bonds. The van der Waals surface area contributed by atoms with Gasteiger partial charge in [-0.3, -0.25) is 0 Å². The number of aromatic nitrogens is 3. The van der Waals surface area contributed by atoms with E-state index in [9.17, 15) is 0 Å². The fourth-order valence-electron chi connectivity index (χ4n) is 4.07. The monoisotopic (exact) mass is 288 g/mol. The Morgan fingerprint density at radius 3 is 2.67 bits per heavy atom. The summed E-state index contributed by atoms with van der Waals surface area (Å²) in [5.41, 5.74) is -0.0695. The van der Waals surface area contributed by atoms with Gasteiger partial charge in [-0.1, -0.05) is 27.0 Å². The third-order valence-corrected chi connectivity index (χ3v) is 5.31. The highest BCUT2D eigenvalue weighted by molar-refractivity contribution is 6.73. The largest absolute Gasteiger partial charge is 0.354 e. The molecule has 0 saturated carbocycles. The van der Waals surface area contributed by atoms with Crippen molar-refractivity contribution in [2.24, 2.45) is 0 Å². The zero-order chi connectivity index (χ0) is 15.4. The first-order valence-corrected chi connectivity index (χ1v) is 8.07. The highest BCUT2D eigenvalue weighted by Gasteiger charge is 2.57. The third-order valence-electron chi connectivity index (χ3n) is 5.31. The smallest absolute Gasteiger partial charge is 0.333 e. The van der Waals surface area contributed by atoms with Crippen molar-refractivity contribution >= 4 is 19.9 Å². The van der Waals surface area contributed by atoms with Crippen molar-refractivity contribution in [3.63, 3.8) is 0 Å². The highest BCUT2D eigenvalue weighted by Crippen LogP contribution is 2.41. The molecule has 2 aliphatic heterocycles. The van der Waals surface area contributed by atoms with Crippen molar-refractivity contribution in [2.45, 2.75) is 59.0 Å². The van der Waals surface area contributed by atoms with Crippen LogP contribution in [0.25, 0.3) is 0 Å². The first kappa shape index (κ1) is 14.9. The van der Waals surface area contributed by atoms with Crippen molar-refractivity contribution in [3.05, 3.63) is 6.33 Å². The van der Waals surface area contributed by atoms with Crippen LogP contribution in [0.15, 0.2) is 6.33 Å². The van der Waals surface area contributed by atoms with Gasteiger partial charge in [0, 0.05) is 0 Å². The number of hydrogen-bond donors (Lipinski definition) is 0. The van der Waals surface area contributed by atoms with Crippen molar-refractivity contribution < 1.29 is 0 Å². The van der Waals surface area contributed by atoms with E-state index in [4.69, 9.17) is 0 Å². The molecule has 114 valence electrons. The molecule has 21 heavy (non-hydrogen) atoms. The second-order valence-electron chi connectivity index (χ2n) is 6.93. The second-order valence-corrected chi connectivity index (χ2v) is 6.93. The number of likely N-dealkylation sites (N-methyl/N-ethyl adjacent to an activating group) is 1. The Hall–Kier alpha value is -1.01. The van der Waals surface area contributed by atoms with Gasteiger partial charge in [0.25, 0.3) is 6.98 Å². The zero-order valence-corrected chi connectivity index (χ0v) is 14.1. The first-order valence-electron chi connectivity index (χ1n) is 8.07. The SMILES string of the molecule is CCCCN1B(C)N(C)C2N(B1C)c1ncnn1C2(C)C. The van der Waals surface area contributed by atoms with E-state index in [0.29, 0.717) is 20.1 Å². The fraction of sp³-hybridized carbons (Fsp3) is 0.846. The minimum atomic E-state index is -0.0695. The standard InChI is InChI=1S/C13H26B2N6/c1-7-8-9-19-14(4)18(6)11-13(2,3)21-12(16-10-17-21)20(11)15(19)5/h10-11H,7-9H2,1-6H3. The van der Waals surface area contributed by atoms with Crippen molar-refractivity contribution in [3.8, 4) is 0 Å². The lowest BCUT2D eigenvalue weighted by Crippen LogP contribution is -2.75. The molecular formula is C13H26B2N6. The van der Waals surface area contributed by atoms with Crippen LogP contribution in [-0.4, -0.2) is 58.0 Å². The molecule has 1 aromatic heterocycles. The lowest BCUT2D eigenvalue weighted by Gasteiger charge is -2.53. The molecule has 1 atom stereocenters. The summed E-state index contributed by atoms with van der Waals surface area (Å²) in [4.78, 5) is 9.42. The molecule has 0 spiro atoms. The normalized spacial score (nSPS) is 25.4. The van der Waals surface area contributed by atoms with E-state index in [1.165, 1.54) is 12.8 Å². The number of anilines is 1. The maximum Gasteiger partial charge on any atom is 0.333 e. The lowest BCUT2D eigenvalue weighted by molar-refractivity contribution is 0.190. The summed E-state index contributed by atoms with van der Waals surface area (Å²) in [6.07, 6.45) is 4.44. The molecule has 0 aliphatic carbocycles. The summed E-state index contributed by atoms with van der Waals surface area (Å²) in [5.74, 6) is 0.998. The van der Waals surface area contributed by atoms with Crippen LogP contribution in [0.2, 0.25) is 13.6 Å². The number of unbranched alkanes of at least 4 members (excludes halogenated alkanes) is 1. The molecule has 1 aromatic rings. The van der Waals surface area contributed by atoms with E-state index in [1.807, 2.05) is 0 Å². The quantitative estimate of drug-likeness (QED) is 0.787. The number of nitrogens with zero attached hydrogens (tertiary/aromatic N) is 6. The van der Waals surface area contributed by atoms with Gasteiger partial charge in [0.15, 0.2) is 0 Å². The summed E-state index contributed by atoms with van der Waals surface area (Å²) < 4.78 is 4.65. The van der Waals surface area contributed by atoms with E-state index in [-0.39, 0.29) is 5.54 Å². The molecule has 1 fully saturated rings. The van der Waals surface area contributed by atoms with E-state index < -0.39 is 0 Å². The van der Waals surface area contributed by atoms with Gasteiger partial charge in [0.05, 0.1) is 11.7 Å². The van der Waals surface area contributed by atoms with Gasteiger partial charge >= 0.3 is 6.98 Å². The van der Waals surface area contributed by atoms with Crippen molar-refractivity contribution in [1.29, 1.82) is 0 Å². The predicted molar refractivity (Wildman–Crippen MR) is 88.2 cm³/mol. The molecule has 6 nitrogen and oxygen atoms in total. The van der Waals surface area contributed by atoms with Gasteiger partial charge in [-0.25, -0.2) is 9.67 Å². The maximum absolute atomic E-state index is 4.53. The van der Waals surface area contributed by atoms with Gasteiger partial charge in [-0.05, 0) is 33.9 Å². The molecule has 1 unspecified atom stereocenters. The van der Waals surface area contributed by atoms with E-state index in [0.717, 1.165) is 12.5 Å². The van der Waals surface area contributed by atoms with Crippen LogP contribution in [0.4, 0.5) is 5.95 Å². The van der Waals surface area contributed by atoms with E-state index in [1.54, 1.807) is 6.33 Å². The zero-order valence-electron chi connectivity index (χ0n) is 14.1. The second kappa shape index (κ2) is 5.02. The summed E-state index contributed by atoms with van der Waals surface area (Å²) in [5, 5.41) is 4.47. The predicted octanol–water partition coefficient (Wildman–Crippen LogP) is 1.44. The average molecular weight is 288 g/mol. The Bertz CT molecular complexity index is 519. The van der Waals surface area contributed by atoms with Crippen LogP contribution >= 0.6 is 0 Å². The molecule has 1 saturated heterocycles. The molecule has 3 rings (SSSR count). The number of fused-ring (bicyclic) bond motifs is 3. The van der Waals surface area contributed by atoms with Gasteiger partial charge in [-0.2, -0.15) is 5.10 Å². The van der Waals surface area contributed by atoms with Crippen LogP contribution < -0.4 is 4.81 Å². The minimum Gasteiger partial charge on any atom is -0.354 e. The first-order chi connectivity index (χ1) is 9.91. The van der Waals surface area contributed by atoms with Gasteiger partial charge in [0.2, 0.25) is 5.95 Å². The summed E-state index contributed by atoms with van der Waals surface area (Å²) in [7, 11) is 2.22. The average Bonchev–Trinajstić information content (AvgIpc) is 2.98. The molecule has 3 heterocycles. The Balaban J connectivity index is 1.99. The highest BCUT2D eigenvalue weighted by atomic mass is 15.6. The minimum absolute atomic E-state index is 0.0695. The van der Waals surface area contributed by atoms with Gasteiger partial charge in [0.1, 0.15) is 6.33 Å². The Morgan fingerprint density at radius 1 is 1.29 bits per heavy atom. The van der Waals surface area contributed by atoms with Gasteiger partial charge in [-0.15, -0.1) is 0 Å². The Kier molecular flexibility index (Phi) is 3.56. The van der Waals surface area contributed by atoms with Crippen molar-refractivity contribution in [2.75, 3.05) is 18.4 Å². The van der Waals surface area contributed by atoms with E-state index in [2.05, 4.69) is 70.6 Å². The molecule has 2 aliphatic rings. The lowest BCUT2D eigenvalue weighted by atomic mass is 9.56. The van der Waals surface area contributed by atoms with Crippen LogP contribution in [0.5, 0.6) is 0 Å². The molecule has 0 bridgehead atoms. The number of rotatable bonds is 3. The van der Waals surface area contributed by atoms with Gasteiger partial charge < -0.3 is 14.3 Å². The van der Waals surface area contributed by atoms with Crippen molar-refractivity contribution in [1.82, 2.24) is 24.3 Å². The maximum atomic E-state index is 4.53. The Labute approximate surface area is 128 Å². The van der Waals surface area contributed by atoms with Crippen LogP contribution in [0, 0.1) is 0 Å². The molecule has 0 radical (unpaired) electrons. The fourth-order valence-corrected chi connectivity index (χ4v) is 4.07. The molecule has 0 aromatic carbocycles. The molecule has 0 N–H and O–H groups in total. The summed E-state index contributed by atoms with van der Waals surface area (Å²) >= 11 is 0. The molecular weight excluding hydrogens is 262 g/mol. The van der Waals surface area contributed by atoms with E-state index >= 15 is 0 Å². The number of hydrogen-bond acceptors (Lipinski definition) is 5. The summed E-state index contributed by atoms with van der Waals surface area (Å²) in [6.45, 7) is 13.3. The molecule has 8 heteroatoms. The van der Waals surface area contributed by atoms with Crippen LogP contribution in [0.1, 0.15) is 33.6 Å². The van der Waals surface area contributed by atoms with Crippen LogP contribution in [0.3, 0.4) is 0 Å². The third kappa shape index (κ3) is 1.95.